The third-order valence-electron chi connectivity index (χ3n) is 4.91. The third-order valence-corrected chi connectivity index (χ3v) is 6.88. The van der Waals surface area contributed by atoms with E-state index in [0.717, 1.165) is 39.0 Å². The van der Waals surface area contributed by atoms with Crippen LogP contribution in [0, 0.1) is 11.8 Å². The van der Waals surface area contributed by atoms with Gasteiger partial charge in [-0.05, 0) is 37.5 Å². The van der Waals surface area contributed by atoms with E-state index in [9.17, 15) is 8.42 Å². The van der Waals surface area contributed by atoms with Gasteiger partial charge >= 0.3 is 0 Å². The van der Waals surface area contributed by atoms with Gasteiger partial charge in [0.15, 0.2) is 0 Å². The van der Waals surface area contributed by atoms with E-state index in [2.05, 4.69) is 0 Å². The maximum Gasteiger partial charge on any atom is 0.281 e. The second-order valence-electron chi connectivity index (χ2n) is 6.09. The van der Waals surface area contributed by atoms with Crippen LogP contribution >= 0.6 is 0 Å². The Bertz CT molecular complexity index is 376. The summed E-state index contributed by atoms with van der Waals surface area (Å²) in [7, 11) is -3.15. The van der Waals surface area contributed by atoms with Crippen molar-refractivity contribution in [3.8, 4) is 0 Å². The van der Waals surface area contributed by atoms with Crippen molar-refractivity contribution in [2.45, 2.75) is 44.9 Å². The Morgan fingerprint density at radius 1 is 0.722 bits per heavy atom. The molecule has 0 spiro atoms. The second-order valence-corrected chi connectivity index (χ2v) is 8.02. The highest BCUT2D eigenvalue weighted by Gasteiger charge is 2.41. The second kappa shape index (κ2) is 5.10. The minimum absolute atomic E-state index is 0.637. The van der Waals surface area contributed by atoms with E-state index in [1.165, 1.54) is 32.1 Å². The van der Waals surface area contributed by atoms with Gasteiger partial charge in [-0.1, -0.05) is 19.3 Å². The Hall–Kier alpha value is -0.130. The van der Waals surface area contributed by atoms with Crippen LogP contribution in [0.1, 0.15) is 44.9 Å². The van der Waals surface area contributed by atoms with Gasteiger partial charge in [-0.2, -0.15) is 17.0 Å². The molecule has 0 amide bonds. The highest BCUT2D eigenvalue weighted by atomic mass is 32.2. The molecule has 104 valence electrons. The quantitative estimate of drug-likeness (QED) is 0.769. The molecule has 2 aliphatic heterocycles. The summed E-state index contributed by atoms with van der Waals surface area (Å²) in [5, 5.41) is 0. The van der Waals surface area contributed by atoms with Crippen molar-refractivity contribution in [3.05, 3.63) is 0 Å². The Morgan fingerprint density at radius 3 is 1.83 bits per heavy atom. The molecule has 0 aromatic rings. The van der Waals surface area contributed by atoms with Gasteiger partial charge in [0.05, 0.1) is 0 Å². The molecule has 3 fully saturated rings. The molecule has 4 nitrogen and oxygen atoms in total. The van der Waals surface area contributed by atoms with E-state index in [0.29, 0.717) is 11.8 Å². The molecule has 0 N–H and O–H groups in total. The summed E-state index contributed by atoms with van der Waals surface area (Å²) in [5.74, 6) is 1.27. The summed E-state index contributed by atoms with van der Waals surface area (Å²) >= 11 is 0. The van der Waals surface area contributed by atoms with Crippen LogP contribution in [0.2, 0.25) is 0 Å². The molecule has 0 bridgehead atoms. The normalized spacial score (nSPS) is 35.6. The molecule has 2 saturated heterocycles. The summed E-state index contributed by atoms with van der Waals surface area (Å²) in [4.78, 5) is 0. The first-order valence-corrected chi connectivity index (χ1v) is 8.83. The van der Waals surface area contributed by atoms with Gasteiger partial charge in [0.25, 0.3) is 10.2 Å². The molecular weight excluding hydrogens is 248 g/mol. The monoisotopic (exact) mass is 272 g/mol. The fraction of sp³-hybridized carbons (Fsp3) is 1.00. The van der Waals surface area contributed by atoms with Crippen LogP contribution in [0.5, 0.6) is 0 Å². The highest BCUT2D eigenvalue weighted by molar-refractivity contribution is 7.86. The van der Waals surface area contributed by atoms with Gasteiger partial charge in [0.1, 0.15) is 0 Å². The Labute approximate surface area is 111 Å². The standard InChI is InChI=1S/C13H24N2O2S/c16-18(17,14-8-4-1-5-9-14)15-10-12-6-2-3-7-13(12)11-15/h12-13H,1-11H2. The van der Waals surface area contributed by atoms with Crippen LogP contribution in [0.3, 0.4) is 0 Å². The highest BCUT2D eigenvalue weighted by Crippen LogP contribution is 2.37. The van der Waals surface area contributed by atoms with Gasteiger partial charge in [-0.15, -0.1) is 0 Å². The van der Waals surface area contributed by atoms with Crippen molar-refractivity contribution in [2.24, 2.45) is 11.8 Å². The van der Waals surface area contributed by atoms with Crippen molar-refractivity contribution in [1.29, 1.82) is 0 Å². The summed E-state index contributed by atoms with van der Waals surface area (Å²) in [6.45, 7) is 3.02. The van der Waals surface area contributed by atoms with E-state index in [-0.39, 0.29) is 0 Å². The zero-order valence-corrected chi connectivity index (χ0v) is 11.9. The SMILES string of the molecule is O=S(=O)(N1CCCCC1)N1CC2CCCCC2C1. The molecule has 2 heterocycles. The summed E-state index contributed by atoms with van der Waals surface area (Å²) in [5.41, 5.74) is 0. The van der Waals surface area contributed by atoms with Crippen molar-refractivity contribution in [2.75, 3.05) is 26.2 Å². The first kappa shape index (κ1) is 12.9. The average molecular weight is 272 g/mol. The van der Waals surface area contributed by atoms with Crippen molar-refractivity contribution < 1.29 is 8.42 Å². The van der Waals surface area contributed by atoms with Crippen LogP contribution in [0.4, 0.5) is 0 Å². The lowest BCUT2D eigenvalue weighted by Crippen LogP contribution is -2.45. The fourth-order valence-electron chi connectivity index (χ4n) is 3.81. The van der Waals surface area contributed by atoms with Crippen LogP contribution in [-0.2, 0) is 10.2 Å². The topological polar surface area (TPSA) is 40.6 Å². The number of rotatable bonds is 2. The van der Waals surface area contributed by atoms with E-state index in [4.69, 9.17) is 0 Å². The summed E-state index contributed by atoms with van der Waals surface area (Å²) in [6.07, 6.45) is 8.28. The molecule has 2 atom stereocenters. The number of hydrogen-bond acceptors (Lipinski definition) is 2. The molecule has 0 radical (unpaired) electrons. The molecule has 3 rings (SSSR count). The van der Waals surface area contributed by atoms with E-state index >= 15 is 0 Å². The number of nitrogens with zero attached hydrogens (tertiary/aromatic N) is 2. The lowest BCUT2D eigenvalue weighted by atomic mass is 9.82. The Morgan fingerprint density at radius 2 is 1.28 bits per heavy atom. The summed E-state index contributed by atoms with van der Waals surface area (Å²) < 4.78 is 28.7. The zero-order valence-electron chi connectivity index (χ0n) is 11.1. The maximum atomic E-state index is 12.6. The molecule has 0 aromatic heterocycles. The predicted octanol–water partition coefficient (Wildman–Crippen LogP) is 1.84. The van der Waals surface area contributed by atoms with Crippen LogP contribution in [0.25, 0.3) is 0 Å². The molecular formula is C13H24N2O2S. The van der Waals surface area contributed by atoms with Crippen molar-refractivity contribution >= 4 is 10.2 Å². The molecule has 3 aliphatic rings. The van der Waals surface area contributed by atoms with Gasteiger partial charge in [-0.25, -0.2) is 0 Å². The van der Waals surface area contributed by atoms with Gasteiger partial charge in [0.2, 0.25) is 0 Å². The van der Waals surface area contributed by atoms with Crippen molar-refractivity contribution in [1.82, 2.24) is 8.61 Å². The smallest absolute Gasteiger partial charge is 0.195 e. The maximum absolute atomic E-state index is 12.6. The molecule has 2 unspecified atom stereocenters. The molecule has 1 aliphatic carbocycles. The largest absolute Gasteiger partial charge is 0.281 e. The van der Waals surface area contributed by atoms with Crippen LogP contribution < -0.4 is 0 Å². The van der Waals surface area contributed by atoms with E-state index in [1.54, 1.807) is 8.61 Å². The number of fused-ring (bicyclic) bond motifs is 1. The first-order valence-electron chi connectivity index (χ1n) is 7.43. The Kier molecular flexibility index (Phi) is 3.65. The molecule has 1 saturated carbocycles. The van der Waals surface area contributed by atoms with Crippen LogP contribution in [0.15, 0.2) is 0 Å². The van der Waals surface area contributed by atoms with Crippen molar-refractivity contribution in [3.63, 3.8) is 0 Å². The molecule has 5 heteroatoms. The molecule has 0 aromatic carbocycles. The Balaban J connectivity index is 1.70. The lowest BCUT2D eigenvalue weighted by molar-refractivity contribution is 0.299. The first-order chi connectivity index (χ1) is 8.68. The number of piperidine rings is 1. The summed E-state index contributed by atoms with van der Waals surface area (Å²) in [6, 6.07) is 0. The van der Waals surface area contributed by atoms with Crippen LogP contribution in [-0.4, -0.2) is 43.2 Å². The minimum atomic E-state index is -3.15. The average Bonchev–Trinajstić information content (AvgIpc) is 2.84. The fourth-order valence-corrected chi connectivity index (χ4v) is 5.62. The van der Waals surface area contributed by atoms with Gasteiger partial charge in [0, 0.05) is 26.2 Å². The zero-order chi connectivity index (χ0) is 12.6. The van der Waals surface area contributed by atoms with Gasteiger partial charge in [-0.3, -0.25) is 0 Å². The molecule has 18 heavy (non-hydrogen) atoms. The predicted molar refractivity (Wildman–Crippen MR) is 71.4 cm³/mol. The third kappa shape index (κ3) is 2.32. The lowest BCUT2D eigenvalue weighted by Gasteiger charge is -2.30. The number of hydrogen-bond donors (Lipinski definition) is 0. The van der Waals surface area contributed by atoms with Gasteiger partial charge < -0.3 is 0 Å². The van der Waals surface area contributed by atoms with E-state index in [1.807, 2.05) is 0 Å². The minimum Gasteiger partial charge on any atom is -0.195 e. The van der Waals surface area contributed by atoms with E-state index < -0.39 is 10.2 Å².